The number of nitrogens with one attached hydrogen (secondary N) is 1. The van der Waals surface area contributed by atoms with Crippen molar-refractivity contribution in [1.29, 1.82) is 0 Å². The van der Waals surface area contributed by atoms with Gasteiger partial charge < -0.3 is 14.6 Å². The molecule has 5 heteroatoms. The molecule has 0 saturated heterocycles. The number of phenols is 1. The predicted octanol–water partition coefficient (Wildman–Crippen LogP) is 2.64. The van der Waals surface area contributed by atoms with Gasteiger partial charge in [0.2, 0.25) is 0 Å². The topological polar surface area (TPSA) is 67.8 Å². The molecule has 5 nitrogen and oxygen atoms in total. The van der Waals surface area contributed by atoms with Gasteiger partial charge in [-0.2, -0.15) is 0 Å². The lowest BCUT2D eigenvalue weighted by molar-refractivity contribution is -0.144. The van der Waals surface area contributed by atoms with Crippen LogP contribution >= 0.6 is 0 Å². The minimum atomic E-state index is -0.406. The zero-order chi connectivity index (χ0) is 16.0. The number of carbonyl (C=O) groups is 1. The molecule has 0 bridgehead atoms. The number of ether oxygens (including phenoxy) is 2. The third-order valence-corrected chi connectivity index (χ3v) is 3.80. The molecule has 0 heterocycles. The third-order valence-electron chi connectivity index (χ3n) is 3.80. The molecular formula is C16H25NO4. The van der Waals surface area contributed by atoms with Crippen molar-refractivity contribution in [2.45, 2.75) is 39.3 Å². The van der Waals surface area contributed by atoms with E-state index < -0.39 is 6.04 Å². The molecule has 1 aromatic rings. The highest BCUT2D eigenvalue weighted by Gasteiger charge is 2.27. The fraction of sp³-hybridized carbons (Fsp3) is 0.562. The van der Waals surface area contributed by atoms with Gasteiger partial charge in [-0.15, -0.1) is 0 Å². The maximum atomic E-state index is 11.9. The Morgan fingerprint density at radius 2 is 2.00 bits per heavy atom. The number of esters is 1. The molecule has 0 saturated carbocycles. The molecule has 0 amide bonds. The summed E-state index contributed by atoms with van der Waals surface area (Å²) in [7, 11) is 2.93. The highest BCUT2D eigenvalue weighted by Crippen LogP contribution is 2.29. The van der Waals surface area contributed by atoms with Crippen LogP contribution in [0.2, 0.25) is 0 Å². The van der Waals surface area contributed by atoms with Crippen molar-refractivity contribution < 1.29 is 19.4 Å². The standard InChI is InChI=1S/C16H25NO4/c1-6-10(2)15(16(19)21-5)17-11(3)13-8-7-12(20-4)9-14(13)18/h7-11,15,17-18H,6H2,1-5H3. The van der Waals surface area contributed by atoms with Crippen LogP contribution in [0.1, 0.15) is 38.8 Å². The van der Waals surface area contributed by atoms with Crippen LogP contribution in [-0.2, 0) is 9.53 Å². The Morgan fingerprint density at radius 3 is 2.48 bits per heavy atom. The van der Waals surface area contributed by atoms with E-state index >= 15 is 0 Å². The minimum absolute atomic E-state index is 0.139. The Labute approximate surface area is 126 Å². The molecule has 1 aromatic carbocycles. The smallest absolute Gasteiger partial charge is 0.323 e. The van der Waals surface area contributed by atoms with E-state index in [0.717, 1.165) is 6.42 Å². The average molecular weight is 295 g/mol. The van der Waals surface area contributed by atoms with E-state index in [9.17, 15) is 9.90 Å². The van der Waals surface area contributed by atoms with Gasteiger partial charge in [-0.3, -0.25) is 10.1 Å². The Hall–Kier alpha value is -1.75. The van der Waals surface area contributed by atoms with Crippen LogP contribution in [0.15, 0.2) is 18.2 Å². The number of hydrogen-bond acceptors (Lipinski definition) is 5. The maximum absolute atomic E-state index is 11.9. The average Bonchev–Trinajstić information content (AvgIpc) is 2.50. The van der Waals surface area contributed by atoms with Crippen LogP contribution in [0.25, 0.3) is 0 Å². The normalized spacial score (nSPS) is 15.1. The number of rotatable bonds is 7. The zero-order valence-corrected chi connectivity index (χ0v) is 13.3. The van der Waals surface area contributed by atoms with Crippen molar-refractivity contribution in [2.75, 3.05) is 14.2 Å². The van der Waals surface area contributed by atoms with E-state index in [2.05, 4.69) is 5.32 Å². The highest BCUT2D eigenvalue weighted by atomic mass is 16.5. The zero-order valence-electron chi connectivity index (χ0n) is 13.3. The van der Waals surface area contributed by atoms with Gasteiger partial charge in [-0.25, -0.2) is 0 Å². The number of aromatic hydroxyl groups is 1. The second kappa shape index (κ2) is 7.88. The second-order valence-corrected chi connectivity index (χ2v) is 5.20. The molecule has 0 spiro atoms. The van der Waals surface area contributed by atoms with E-state index in [1.54, 1.807) is 25.3 Å². The quantitative estimate of drug-likeness (QED) is 0.757. The molecule has 21 heavy (non-hydrogen) atoms. The molecular weight excluding hydrogens is 270 g/mol. The van der Waals surface area contributed by atoms with Gasteiger partial charge in [0, 0.05) is 17.7 Å². The fourth-order valence-corrected chi connectivity index (χ4v) is 2.20. The summed E-state index contributed by atoms with van der Waals surface area (Å²) in [4.78, 5) is 11.9. The molecule has 118 valence electrons. The van der Waals surface area contributed by atoms with Gasteiger partial charge in [0.15, 0.2) is 0 Å². The number of methoxy groups -OCH3 is 2. The lowest BCUT2D eigenvalue weighted by Gasteiger charge is -2.26. The van der Waals surface area contributed by atoms with Gasteiger partial charge in [0.25, 0.3) is 0 Å². The maximum Gasteiger partial charge on any atom is 0.323 e. The first-order valence-corrected chi connectivity index (χ1v) is 7.15. The molecule has 1 rings (SSSR count). The van der Waals surface area contributed by atoms with Crippen molar-refractivity contribution >= 4 is 5.97 Å². The summed E-state index contributed by atoms with van der Waals surface area (Å²) < 4.78 is 9.92. The van der Waals surface area contributed by atoms with Crippen molar-refractivity contribution in [3.8, 4) is 11.5 Å². The van der Waals surface area contributed by atoms with Gasteiger partial charge >= 0.3 is 5.97 Å². The lowest BCUT2D eigenvalue weighted by Crippen LogP contribution is -2.43. The Morgan fingerprint density at radius 1 is 1.33 bits per heavy atom. The van der Waals surface area contributed by atoms with Gasteiger partial charge in [-0.1, -0.05) is 26.3 Å². The molecule has 0 radical (unpaired) electrons. The van der Waals surface area contributed by atoms with Crippen LogP contribution in [-0.4, -0.2) is 31.3 Å². The number of benzene rings is 1. The van der Waals surface area contributed by atoms with E-state index in [0.29, 0.717) is 11.3 Å². The summed E-state index contributed by atoms with van der Waals surface area (Å²) in [5, 5.41) is 13.3. The summed E-state index contributed by atoms with van der Waals surface area (Å²) >= 11 is 0. The van der Waals surface area contributed by atoms with Crippen LogP contribution in [0.5, 0.6) is 11.5 Å². The van der Waals surface area contributed by atoms with Crippen LogP contribution in [0.4, 0.5) is 0 Å². The summed E-state index contributed by atoms with van der Waals surface area (Å²) in [5.41, 5.74) is 0.716. The fourth-order valence-electron chi connectivity index (χ4n) is 2.20. The summed E-state index contributed by atoms with van der Waals surface area (Å²) in [6, 6.07) is 4.54. The SMILES string of the molecule is CCC(C)C(NC(C)c1ccc(OC)cc1O)C(=O)OC. The summed E-state index contributed by atoms with van der Waals surface area (Å²) in [5.74, 6) is 0.585. The minimum Gasteiger partial charge on any atom is -0.507 e. The molecule has 0 aliphatic carbocycles. The van der Waals surface area contributed by atoms with Crippen molar-refractivity contribution in [1.82, 2.24) is 5.32 Å². The highest BCUT2D eigenvalue weighted by molar-refractivity contribution is 5.76. The predicted molar refractivity (Wildman–Crippen MR) is 81.5 cm³/mol. The van der Waals surface area contributed by atoms with E-state index in [-0.39, 0.29) is 23.7 Å². The molecule has 3 atom stereocenters. The van der Waals surface area contributed by atoms with Crippen molar-refractivity contribution in [3.63, 3.8) is 0 Å². The third kappa shape index (κ3) is 4.36. The first-order chi connectivity index (χ1) is 9.94. The van der Waals surface area contributed by atoms with Crippen LogP contribution in [0.3, 0.4) is 0 Å². The summed E-state index contributed by atoms with van der Waals surface area (Å²) in [6.45, 7) is 5.92. The van der Waals surface area contributed by atoms with E-state index in [1.807, 2.05) is 20.8 Å². The largest absolute Gasteiger partial charge is 0.507 e. The molecule has 0 aromatic heterocycles. The first kappa shape index (κ1) is 17.3. The number of phenolic OH excluding ortho intramolecular Hbond substituents is 1. The molecule has 0 aliphatic heterocycles. The van der Waals surface area contributed by atoms with Crippen molar-refractivity contribution in [3.05, 3.63) is 23.8 Å². The van der Waals surface area contributed by atoms with Crippen LogP contribution < -0.4 is 10.1 Å². The second-order valence-electron chi connectivity index (χ2n) is 5.20. The van der Waals surface area contributed by atoms with E-state index in [1.165, 1.54) is 7.11 Å². The van der Waals surface area contributed by atoms with Gasteiger partial charge in [0.05, 0.1) is 14.2 Å². The van der Waals surface area contributed by atoms with Gasteiger partial charge in [0.1, 0.15) is 17.5 Å². The molecule has 0 aliphatic rings. The van der Waals surface area contributed by atoms with E-state index in [4.69, 9.17) is 9.47 Å². The molecule has 3 unspecified atom stereocenters. The van der Waals surface area contributed by atoms with Crippen molar-refractivity contribution in [2.24, 2.45) is 5.92 Å². The molecule has 0 fully saturated rings. The Bertz CT molecular complexity index is 475. The van der Waals surface area contributed by atoms with Gasteiger partial charge in [-0.05, 0) is 18.9 Å². The number of hydrogen-bond donors (Lipinski definition) is 2. The number of carbonyl (C=O) groups excluding carboxylic acids is 1. The Balaban J connectivity index is 2.91. The summed E-state index contributed by atoms with van der Waals surface area (Å²) in [6.07, 6.45) is 0.855. The monoisotopic (exact) mass is 295 g/mol. The molecule has 2 N–H and O–H groups in total. The first-order valence-electron chi connectivity index (χ1n) is 7.15. The lowest BCUT2D eigenvalue weighted by atomic mass is 9.97. The van der Waals surface area contributed by atoms with Crippen LogP contribution in [0, 0.1) is 5.92 Å². The Kier molecular flexibility index (Phi) is 6.49.